The summed E-state index contributed by atoms with van der Waals surface area (Å²) >= 11 is 23.6. The van der Waals surface area contributed by atoms with Gasteiger partial charge in [-0.05, 0) is 86.9 Å². The number of fused-ring (bicyclic) bond motifs is 5. The summed E-state index contributed by atoms with van der Waals surface area (Å²) in [7, 11) is 0. The number of ether oxygens (including phenoxy) is 2. The van der Waals surface area contributed by atoms with Crippen LogP contribution < -0.4 is 0 Å². The zero-order valence-electron chi connectivity index (χ0n) is 23.5. The number of halogens is 4. The maximum absolute atomic E-state index is 13.0. The molecule has 0 N–H and O–H groups in total. The van der Waals surface area contributed by atoms with Crippen molar-refractivity contribution in [2.24, 2.45) is 34.5 Å². The minimum absolute atomic E-state index is 0.0225. The number of amides is 2. The summed E-state index contributed by atoms with van der Waals surface area (Å²) in [4.78, 5) is 29.0. The van der Waals surface area contributed by atoms with Gasteiger partial charge in [0.15, 0.2) is 0 Å². The second-order valence-electron chi connectivity index (χ2n) is 12.7. The maximum atomic E-state index is 13.0. The van der Waals surface area contributed by atoms with Gasteiger partial charge in [0.05, 0.1) is 0 Å². The average molecular weight is 629 g/mol. The van der Waals surface area contributed by atoms with Crippen LogP contribution in [0.25, 0.3) is 0 Å². The molecule has 0 aromatic carbocycles. The van der Waals surface area contributed by atoms with E-state index in [0.717, 1.165) is 38.5 Å². The van der Waals surface area contributed by atoms with E-state index in [2.05, 4.69) is 13.8 Å². The van der Waals surface area contributed by atoms with Crippen molar-refractivity contribution in [3.8, 4) is 0 Å². The number of nitrogens with zero attached hydrogens (tertiary/aromatic N) is 2. The van der Waals surface area contributed by atoms with Crippen molar-refractivity contribution in [3.63, 3.8) is 0 Å². The zero-order valence-corrected chi connectivity index (χ0v) is 26.5. The van der Waals surface area contributed by atoms with Gasteiger partial charge in [-0.15, -0.1) is 46.4 Å². The first-order chi connectivity index (χ1) is 18.7. The number of carbonyl (C=O) groups is 2. The third kappa shape index (κ3) is 6.54. The maximum Gasteiger partial charge on any atom is 0.410 e. The van der Waals surface area contributed by atoms with Gasteiger partial charge in [0.1, 0.15) is 12.2 Å². The average Bonchev–Trinajstić information content (AvgIpc) is 3.24. The molecule has 2 amide bonds. The van der Waals surface area contributed by atoms with Gasteiger partial charge in [-0.1, -0.05) is 13.8 Å². The van der Waals surface area contributed by atoms with Gasteiger partial charge in [-0.2, -0.15) is 0 Å². The fraction of sp³-hybridized carbons (Fsp3) is 0.931. The molecule has 4 aliphatic rings. The highest BCUT2D eigenvalue weighted by molar-refractivity contribution is 6.19. The Hall–Kier alpha value is -0.300. The van der Waals surface area contributed by atoms with E-state index in [1.807, 2.05) is 0 Å². The number of alkyl halides is 4. The predicted octanol–water partition coefficient (Wildman–Crippen LogP) is 7.60. The minimum Gasteiger partial charge on any atom is -0.446 e. The normalized spacial score (nSPS) is 37.3. The molecule has 0 unspecified atom stereocenters. The molecule has 0 aliphatic heterocycles. The third-order valence-electron chi connectivity index (χ3n) is 11.0. The molecule has 0 spiro atoms. The third-order valence-corrected chi connectivity index (χ3v) is 11.7. The van der Waals surface area contributed by atoms with E-state index in [0.29, 0.717) is 73.4 Å². The van der Waals surface area contributed by atoms with Gasteiger partial charge < -0.3 is 19.3 Å². The van der Waals surface area contributed by atoms with Crippen molar-refractivity contribution < 1.29 is 19.1 Å². The van der Waals surface area contributed by atoms with Crippen LogP contribution in [-0.2, 0) is 9.47 Å². The topological polar surface area (TPSA) is 59.1 Å². The van der Waals surface area contributed by atoms with Crippen molar-refractivity contribution in [1.29, 1.82) is 0 Å². The Balaban J connectivity index is 1.38. The molecular formula is C29H46Cl4N2O4. The number of carbonyl (C=O) groups excluding carboxylic acids is 2. The van der Waals surface area contributed by atoms with Crippen LogP contribution in [0.2, 0.25) is 0 Å². The van der Waals surface area contributed by atoms with E-state index < -0.39 is 0 Å². The van der Waals surface area contributed by atoms with Gasteiger partial charge in [-0.25, -0.2) is 9.59 Å². The van der Waals surface area contributed by atoms with Crippen molar-refractivity contribution in [1.82, 2.24) is 9.80 Å². The van der Waals surface area contributed by atoms with Crippen LogP contribution in [0.3, 0.4) is 0 Å². The van der Waals surface area contributed by atoms with Crippen LogP contribution in [0.15, 0.2) is 0 Å². The van der Waals surface area contributed by atoms with Gasteiger partial charge in [-0.3, -0.25) is 0 Å². The second-order valence-corrected chi connectivity index (χ2v) is 14.2. The highest BCUT2D eigenvalue weighted by atomic mass is 35.5. The molecule has 10 heteroatoms. The Morgan fingerprint density at radius 2 is 1.23 bits per heavy atom. The zero-order chi connectivity index (χ0) is 28.2. The second kappa shape index (κ2) is 13.8. The molecule has 4 fully saturated rings. The highest BCUT2D eigenvalue weighted by Crippen LogP contribution is 2.66. The summed E-state index contributed by atoms with van der Waals surface area (Å²) < 4.78 is 12.1. The molecule has 4 aliphatic carbocycles. The molecule has 0 radical (unpaired) electrons. The first-order valence-electron chi connectivity index (χ1n) is 14.9. The molecule has 0 heterocycles. The van der Waals surface area contributed by atoms with Gasteiger partial charge in [0.2, 0.25) is 0 Å². The van der Waals surface area contributed by atoms with Crippen LogP contribution in [0, 0.1) is 34.5 Å². The molecular weight excluding hydrogens is 582 g/mol. The smallest absolute Gasteiger partial charge is 0.410 e. The molecule has 0 saturated heterocycles. The lowest BCUT2D eigenvalue weighted by atomic mass is 9.45. The van der Waals surface area contributed by atoms with E-state index in [1.54, 1.807) is 9.80 Å². The Morgan fingerprint density at radius 1 is 0.692 bits per heavy atom. The molecule has 39 heavy (non-hydrogen) atoms. The molecule has 4 saturated carbocycles. The molecule has 0 bridgehead atoms. The van der Waals surface area contributed by atoms with Gasteiger partial charge >= 0.3 is 12.2 Å². The van der Waals surface area contributed by atoms with Crippen LogP contribution in [0.1, 0.15) is 71.6 Å². The monoisotopic (exact) mass is 626 g/mol. The fourth-order valence-electron chi connectivity index (χ4n) is 8.88. The molecule has 8 atom stereocenters. The predicted molar refractivity (Wildman–Crippen MR) is 158 cm³/mol. The summed E-state index contributed by atoms with van der Waals surface area (Å²) in [5.74, 6) is 3.99. The van der Waals surface area contributed by atoms with Crippen LogP contribution in [0.5, 0.6) is 0 Å². The van der Waals surface area contributed by atoms with E-state index in [-0.39, 0.29) is 35.2 Å². The SMILES string of the molecule is C[C@]12CC[C@H](OC(=O)N(CCCl)CCCl)C[C@@H]1CC[C@@H]1[C@@H]2CC[C@]2(C)[C@@H](OC(=O)N(CCCl)CCCl)CC[C@@H]12. The van der Waals surface area contributed by atoms with E-state index >= 15 is 0 Å². The fourth-order valence-corrected chi connectivity index (χ4v) is 9.70. The lowest BCUT2D eigenvalue weighted by Crippen LogP contribution is -2.55. The van der Waals surface area contributed by atoms with Gasteiger partial charge in [0, 0.05) is 55.1 Å². The summed E-state index contributed by atoms with van der Waals surface area (Å²) in [6.07, 6.45) is 9.03. The first kappa shape index (κ1) is 31.6. The van der Waals surface area contributed by atoms with Crippen molar-refractivity contribution in [2.75, 3.05) is 49.7 Å². The Morgan fingerprint density at radius 3 is 1.82 bits per heavy atom. The Labute approximate surface area is 254 Å². The van der Waals surface area contributed by atoms with Crippen molar-refractivity contribution >= 4 is 58.6 Å². The highest BCUT2D eigenvalue weighted by Gasteiger charge is 2.61. The Bertz CT molecular complexity index is 840. The van der Waals surface area contributed by atoms with E-state index in [9.17, 15) is 9.59 Å². The van der Waals surface area contributed by atoms with Crippen molar-refractivity contribution in [3.05, 3.63) is 0 Å². The number of hydrogen-bond donors (Lipinski definition) is 0. The lowest BCUT2D eigenvalue weighted by Gasteiger charge is -2.60. The summed E-state index contributed by atoms with van der Waals surface area (Å²) in [6.45, 7) is 6.70. The minimum atomic E-state index is -0.283. The molecule has 0 aromatic rings. The number of rotatable bonds is 10. The number of hydrogen-bond acceptors (Lipinski definition) is 4. The molecule has 6 nitrogen and oxygen atoms in total. The van der Waals surface area contributed by atoms with Gasteiger partial charge in [0.25, 0.3) is 0 Å². The molecule has 224 valence electrons. The quantitative estimate of drug-likeness (QED) is 0.234. The molecule has 4 rings (SSSR count). The summed E-state index contributed by atoms with van der Waals surface area (Å²) in [6, 6.07) is 0. The van der Waals surface area contributed by atoms with Crippen LogP contribution in [0.4, 0.5) is 9.59 Å². The lowest BCUT2D eigenvalue weighted by molar-refractivity contribution is -0.136. The van der Waals surface area contributed by atoms with Crippen LogP contribution >= 0.6 is 46.4 Å². The van der Waals surface area contributed by atoms with E-state index in [4.69, 9.17) is 55.9 Å². The van der Waals surface area contributed by atoms with Crippen LogP contribution in [-0.4, -0.2) is 83.9 Å². The van der Waals surface area contributed by atoms with Crippen molar-refractivity contribution in [2.45, 2.75) is 83.8 Å². The van der Waals surface area contributed by atoms with E-state index in [1.165, 1.54) is 19.3 Å². The molecule has 0 aromatic heterocycles. The largest absolute Gasteiger partial charge is 0.446 e. The first-order valence-corrected chi connectivity index (χ1v) is 17.0. The summed E-state index contributed by atoms with van der Waals surface area (Å²) in [5, 5.41) is 0. The Kier molecular flexibility index (Phi) is 11.2. The summed E-state index contributed by atoms with van der Waals surface area (Å²) in [5.41, 5.74) is 0.292. The standard InChI is InChI=1S/C29H46Cl4N2O4/c1-28-9-7-21(38-26(36)34(15-11-30)16-12-31)19-20(28)3-4-22-23-5-6-25(29(23,2)10-8-24(22)28)39-27(37)35(17-13-32)18-14-33/h20-25H,3-19H2,1-2H3/t20-,21-,22-,23-,24-,25-,28-,29-/m0/s1.